The molecule has 1 aliphatic rings. The number of rotatable bonds is 7. The number of oxazole rings is 1. The smallest absolute Gasteiger partial charge is 0.256 e. The molecular weight excluding hydrogens is 432 g/mol. The molecule has 0 saturated carbocycles. The Morgan fingerprint density at radius 3 is 2.32 bits per heavy atom. The van der Waals surface area contributed by atoms with Crippen molar-refractivity contribution >= 4 is 23.4 Å². The maximum absolute atomic E-state index is 12.5. The van der Waals surface area contributed by atoms with E-state index in [4.69, 9.17) is 9.40 Å². The molecular formula is C21H34N4O4SSi. The largest absolute Gasteiger partial charge is 0.449 e. The summed E-state index contributed by atoms with van der Waals surface area (Å²) in [6.07, 6.45) is 3.39. The lowest BCUT2D eigenvalue weighted by atomic mass is 10.1. The van der Waals surface area contributed by atoms with Crippen molar-refractivity contribution in [1.29, 1.82) is 0 Å². The van der Waals surface area contributed by atoms with Crippen LogP contribution < -0.4 is 11.1 Å². The molecule has 0 spiro atoms. The van der Waals surface area contributed by atoms with Crippen LogP contribution in [-0.4, -0.2) is 49.1 Å². The van der Waals surface area contributed by atoms with Crippen LogP contribution in [0.25, 0.3) is 0 Å². The summed E-state index contributed by atoms with van der Waals surface area (Å²) in [5, 5.41) is -0.262. The highest BCUT2D eigenvalue weighted by atomic mass is 32.2. The highest BCUT2D eigenvalue weighted by Crippen LogP contribution is 2.40. The molecule has 0 atom stereocenters. The van der Waals surface area contributed by atoms with Gasteiger partial charge in [0.2, 0.25) is 15.0 Å². The van der Waals surface area contributed by atoms with E-state index in [2.05, 4.69) is 56.4 Å². The number of nitrogens with zero attached hydrogens (tertiary/aromatic N) is 3. The standard InChI is InChI=1S/C21H34N4O4SSi/c1-13(2)31(14(3)4,15(5)6)21-22-10-16(29-21)11-25-9-8-18-17(12-25)19(26)24-20(23-18)30(7,27)28/h10,13-15H,8-9,11-12H2,1-7H3,(H,23,24,26). The van der Waals surface area contributed by atoms with Gasteiger partial charge in [-0.2, -0.15) is 0 Å². The van der Waals surface area contributed by atoms with Crippen LogP contribution >= 0.6 is 0 Å². The first kappa shape index (κ1) is 23.9. The van der Waals surface area contributed by atoms with Crippen LogP contribution in [0.1, 0.15) is 58.6 Å². The minimum absolute atomic E-state index is 0.262. The molecule has 2 aromatic heterocycles. The zero-order valence-electron chi connectivity index (χ0n) is 19.5. The predicted molar refractivity (Wildman–Crippen MR) is 123 cm³/mol. The van der Waals surface area contributed by atoms with E-state index >= 15 is 0 Å². The van der Waals surface area contributed by atoms with E-state index in [0.29, 0.717) is 53.9 Å². The van der Waals surface area contributed by atoms with Crippen LogP contribution in [0.4, 0.5) is 0 Å². The highest BCUT2D eigenvalue weighted by molar-refractivity contribution is 7.90. The summed E-state index contributed by atoms with van der Waals surface area (Å²) < 4.78 is 29.8. The van der Waals surface area contributed by atoms with Crippen LogP contribution in [-0.2, 0) is 29.3 Å². The van der Waals surface area contributed by atoms with Gasteiger partial charge in [-0.05, 0) is 16.6 Å². The SMILES string of the molecule is CC(C)[Si](c1ncc(CN2CCc3nc(S(C)(=O)=O)[nH]c(=O)c3C2)o1)(C(C)C)C(C)C. The molecule has 0 radical (unpaired) electrons. The molecule has 1 aliphatic heterocycles. The fraction of sp³-hybridized carbons (Fsp3) is 0.667. The molecule has 172 valence electrons. The van der Waals surface area contributed by atoms with E-state index in [1.54, 1.807) is 0 Å². The Hall–Kier alpha value is -1.78. The van der Waals surface area contributed by atoms with Crippen LogP contribution in [0, 0.1) is 0 Å². The normalized spacial score (nSPS) is 15.8. The van der Waals surface area contributed by atoms with Gasteiger partial charge >= 0.3 is 0 Å². The molecule has 10 heteroatoms. The molecule has 3 heterocycles. The maximum atomic E-state index is 12.5. The third-order valence-electron chi connectivity index (χ3n) is 6.65. The zero-order valence-corrected chi connectivity index (χ0v) is 21.3. The van der Waals surface area contributed by atoms with E-state index in [9.17, 15) is 13.2 Å². The first-order valence-corrected chi connectivity index (χ1v) is 15.0. The quantitative estimate of drug-likeness (QED) is 0.493. The number of aromatic nitrogens is 3. The molecule has 0 fully saturated rings. The summed E-state index contributed by atoms with van der Waals surface area (Å²) in [4.78, 5) is 25.9. The second-order valence-electron chi connectivity index (χ2n) is 9.56. The number of H-pyrrole nitrogens is 1. The van der Waals surface area contributed by atoms with Crippen LogP contribution in [0.2, 0.25) is 16.6 Å². The van der Waals surface area contributed by atoms with Crippen molar-refractivity contribution in [3.8, 4) is 0 Å². The minimum Gasteiger partial charge on any atom is -0.449 e. The van der Waals surface area contributed by atoms with Gasteiger partial charge in [0, 0.05) is 25.8 Å². The minimum atomic E-state index is -3.55. The zero-order chi connectivity index (χ0) is 23.1. The molecule has 0 saturated heterocycles. The molecule has 2 aromatic rings. The number of sulfone groups is 1. The van der Waals surface area contributed by atoms with Crippen LogP contribution in [0.5, 0.6) is 0 Å². The van der Waals surface area contributed by atoms with Crippen molar-refractivity contribution in [1.82, 2.24) is 19.9 Å². The lowest BCUT2D eigenvalue weighted by Gasteiger charge is -2.39. The van der Waals surface area contributed by atoms with Gasteiger partial charge in [0.25, 0.3) is 5.56 Å². The first-order chi connectivity index (χ1) is 14.4. The monoisotopic (exact) mass is 466 g/mol. The number of aromatic amines is 1. The van der Waals surface area contributed by atoms with E-state index in [1.807, 2.05) is 6.20 Å². The lowest BCUT2D eigenvalue weighted by Crippen LogP contribution is -2.56. The Morgan fingerprint density at radius 2 is 1.77 bits per heavy atom. The fourth-order valence-electron chi connectivity index (χ4n) is 5.31. The maximum Gasteiger partial charge on any atom is 0.256 e. The third kappa shape index (κ3) is 4.42. The predicted octanol–water partition coefficient (Wildman–Crippen LogP) is 2.61. The summed E-state index contributed by atoms with van der Waals surface area (Å²) in [6.45, 7) is 15.3. The molecule has 0 bridgehead atoms. The Kier molecular flexibility index (Phi) is 6.64. The summed E-state index contributed by atoms with van der Waals surface area (Å²) >= 11 is 0. The van der Waals surface area contributed by atoms with Crippen molar-refractivity contribution < 1.29 is 12.8 Å². The van der Waals surface area contributed by atoms with Crippen molar-refractivity contribution in [2.45, 2.75) is 82.8 Å². The van der Waals surface area contributed by atoms with Crippen LogP contribution in [0.15, 0.2) is 20.6 Å². The van der Waals surface area contributed by atoms with E-state index in [0.717, 1.165) is 17.5 Å². The second-order valence-corrected chi connectivity index (χ2v) is 17.2. The Bertz CT molecular complexity index is 1080. The first-order valence-electron chi connectivity index (χ1n) is 10.9. The number of fused-ring (bicyclic) bond motifs is 1. The number of hydrogen-bond acceptors (Lipinski definition) is 7. The van der Waals surface area contributed by atoms with Crippen molar-refractivity contribution in [2.75, 3.05) is 12.8 Å². The van der Waals surface area contributed by atoms with Gasteiger partial charge in [-0.25, -0.2) is 18.4 Å². The average molecular weight is 467 g/mol. The average Bonchev–Trinajstić information content (AvgIpc) is 3.09. The molecule has 0 unspecified atom stereocenters. The van der Waals surface area contributed by atoms with Gasteiger partial charge in [-0.1, -0.05) is 41.5 Å². The molecule has 0 amide bonds. The summed E-state index contributed by atoms with van der Waals surface area (Å²) in [5.41, 5.74) is 3.13. The van der Waals surface area contributed by atoms with E-state index in [-0.39, 0.29) is 10.7 Å². The van der Waals surface area contributed by atoms with E-state index in [1.165, 1.54) is 0 Å². The van der Waals surface area contributed by atoms with Gasteiger partial charge in [0.1, 0.15) is 5.76 Å². The number of hydrogen-bond donors (Lipinski definition) is 1. The summed E-state index contributed by atoms with van der Waals surface area (Å²) in [6, 6.07) is 0. The Morgan fingerprint density at radius 1 is 1.16 bits per heavy atom. The van der Waals surface area contributed by atoms with Gasteiger partial charge in [0.15, 0.2) is 13.6 Å². The lowest BCUT2D eigenvalue weighted by molar-refractivity contribution is 0.223. The molecule has 8 nitrogen and oxygen atoms in total. The third-order valence-corrected chi connectivity index (χ3v) is 14.2. The Labute approximate surface area is 185 Å². The topological polar surface area (TPSA) is 109 Å². The Balaban J connectivity index is 1.84. The van der Waals surface area contributed by atoms with Crippen molar-refractivity contribution in [3.63, 3.8) is 0 Å². The van der Waals surface area contributed by atoms with Gasteiger partial charge < -0.3 is 4.42 Å². The molecule has 3 rings (SSSR count). The molecule has 0 aliphatic carbocycles. The fourth-order valence-corrected chi connectivity index (χ4v) is 11.9. The van der Waals surface area contributed by atoms with Crippen molar-refractivity contribution in [3.05, 3.63) is 33.6 Å². The number of nitrogens with one attached hydrogen (secondary N) is 1. The van der Waals surface area contributed by atoms with E-state index < -0.39 is 17.9 Å². The molecule has 31 heavy (non-hydrogen) atoms. The summed E-state index contributed by atoms with van der Waals surface area (Å²) in [7, 11) is -5.51. The van der Waals surface area contributed by atoms with Gasteiger partial charge in [0.05, 0.1) is 24.0 Å². The molecule has 0 aromatic carbocycles. The second kappa shape index (κ2) is 8.63. The highest BCUT2D eigenvalue weighted by Gasteiger charge is 2.49. The summed E-state index contributed by atoms with van der Waals surface area (Å²) in [5.74, 6) is 0.800. The molecule has 1 N–H and O–H groups in total. The van der Waals surface area contributed by atoms with Gasteiger partial charge in [-0.15, -0.1) is 0 Å². The van der Waals surface area contributed by atoms with Gasteiger partial charge in [-0.3, -0.25) is 14.7 Å². The van der Waals surface area contributed by atoms with Crippen molar-refractivity contribution in [2.24, 2.45) is 0 Å². The van der Waals surface area contributed by atoms with Crippen LogP contribution in [0.3, 0.4) is 0 Å².